The molecule has 1 saturated heterocycles. The number of hydrogen-bond acceptors (Lipinski definition) is 5. The SMILES string of the molecule is CNC(=O)c1cc(C(=O)NCCC[C@]2(F)CCCN(C(=O)OC(C)(C)C)C2)cc(Cc2ccccc2)n1. The van der Waals surface area contributed by atoms with Crippen molar-refractivity contribution in [3.8, 4) is 0 Å². The Morgan fingerprint density at radius 3 is 2.54 bits per heavy atom. The first-order valence-electron chi connectivity index (χ1n) is 12.7. The summed E-state index contributed by atoms with van der Waals surface area (Å²) in [6, 6.07) is 12.8. The van der Waals surface area contributed by atoms with Gasteiger partial charge < -0.3 is 20.3 Å². The zero-order valence-corrected chi connectivity index (χ0v) is 22.1. The molecule has 0 spiro atoms. The van der Waals surface area contributed by atoms with Crippen LogP contribution in [0.2, 0.25) is 0 Å². The maximum absolute atomic E-state index is 15.5. The first-order valence-corrected chi connectivity index (χ1v) is 12.7. The number of halogens is 1. The minimum absolute atomic E-state index is 0.0153. The van der Waals surface area contributed by atoms with Crippen LogP contribution in [0, 0.1) is 0 Å². The van der Waals surface area contributed by atoms with Gasteiger partial charge >= 0.3 is 6.09 Å². The van der Waals surface area contributed by atoms with Crippen molar-refractivity contribution in [1.29, 1.82) is 0 Å². The van der Waals surface area contributed by atoms with Gasteiger partial charge in [-0.3, -0.25) is 9.59 Å². The zero-order chi connectivity index (χ0) is 27.1. The minimum atomic E-state index is -1.52. The molecule has 1 aliphatic heterocycles. The highest BCUT2D eigenvalue weighted by Gasteiger charge is 2.38. The number of nitrogens with one attached hydrogen (secondary N) is 2. The first-order chi connectivity index (χ1) is 17.5. The van der Waals surface area contributed by atoms with Crippen LogP contribution >= 0.6 is 0 Å². The number of pyridine rings is 1. The van der Waals surface area contributed by atoms with Gasteiger partial charge in [0.05, 0.1) is 6.54 Å². The highest BCUT2D eigenvalue weighted by atomic mass is 19.1. The van der Waals surface area contributed by atoms with E-state index in [-0.39, 0.29) is 37.0 Å². The molecule has 3 rings (SSSR count). The molecule has 9 heteroatoms. The molecule has 1 fully saturated rings. The summed E-state index contributed by atoms with van der Waals surface area (Å²) < 4.78 is 20.9. The summed E-state index contributed by atoms with van der Waals surface area (Å²) in [7, 11) is 1.51. The summed E-state index contributed by atoms with van der Waals surface area (Å²) in [5, 5.41) is 5.37. The van der Waals surface area contributed by atoms with Crippen LogP contribution in [0.15, 0.2) is 42.5 Å². The van der Waals surface area contributed by atoms with E-state index in [1.54, 1.807) is 26.8 Å². The number of benzene rings is 1. The van der Waals surface area contributed by atoms with E-state index in [2.05, 4.69) is 15.6 Å². The average Bonchev–Trinajstić information content (AvgIpc) is 2.85. The summed E-state index contributed by atoms with van der Waals surface area (Å²) >= 11 is 0. The Bertz CT molecular complexity index is 1100. The first kappa shape index (κ1) is 28.1. The van der Waals surface area contributed by atoms with E-state index in [1.165, 1.54) is 18.0 Å². The van der Waals surface area contributed by atoms with Crippen molar-refractivity contribution < 1.29 is 23.5 Å². The Hall–Kier alpha value is -3.49. The van der Waals surface area contributed by atoms with Gasteiger partial charge in [-0.1, -0.05) is 30.3 Å². The smallest absolute Gasteiger partial charge is 0.410 e. The Kier molecular flexibility index (Phi) is 9.23. The third-order valence-corrected chi connectivity index (χ3v) is 6.09. The van der Waals surface area contributed by atoms with Gasteiger partial charge in [0.25, 0.3) is 11.8 Å². The van der Waals surface area contributed by atoms with E-state index >= 15 is 4.39 Å². The van der Waals surface area contributed by atoms with Gasteiger partial charge in [-0.15, -0.1) is 0 Å². The summed E-state index contributed by atoms with van der Waals surface area (Å²) in [5.41, 5.74) is -0.0625. The number of aromatic nitrogens is 1. The summed E-state index contributed by atoms with van der Waals surface area (Å²) in [5.74, 6) is -0.732. The molecular weight excluding hydrogens is 475 g/mol. The van der Waals surface area contributed by atoms with E-state index in [0.29, 0.717) is 43.5 Å². The Labute approximate surface area is 218 Å². The van der Waals surface area contributed by atoms with Crippen molar-refractivity contribution in [2.24, 2.45) is 0 Å². The molecule has 2 N–H and O–H groups in total. The molecule has 1 atom stereocenters. The van der Waals surface area contributed by atoms with Crippen molar-refractivity contribution in [3.05, 3.63) is 65.0 Å². The fourth-order valence-electron chi connectivity index (χ4n) is 4.34. The average molecular weight is 513 g/mol. The molecule has 1 aromatic heterocycles. The second kappa shape index (κ2) is 12.2. The van der Waals surface area contributed by atoms with Gasteiger partial charge in [0.15, 0.2) is 0 Å². The van der Waals surface area contributed by atoms with Crippen LogP contribution in [-0.4, -0.2) is 65.7 Å². The lowest BCUT2D eigenvalue weighted by Crippen LogP contribution is -2.49. The third kappa shape index (κ3) is 8.55. The van der Waals surface area contributed by atoms with Gasteiger partial charge in [-0.25, -0.2) is 14.2 Å². The standard InChI is InChI=1S/C28H37FN4O4/c1-27(2,3)37-26(36)33-15-9-13-28(29,19-33)12-8-14-31-24(34)21-17-22(16-20-10-6-5-7-11-20)32-23(18-21)25(35)30-4/h5-7,10-11,17-18H,8-9,12-16,19H2,1-4H3,(H,30,35)(H,31,34)/t28-/m0/s1. The van der Waals surface area contributed by atoms with Crippen LogP contribution in [0.1, 0.15) is 78.6 Å². The largest absolute Gasteiger partial charge is 0.444 e. The highest BCUT2D eigenvalue weighted by Crippen LogP contribution is 2.30. The van der Waals surface area contributed by atoms with Crippen molar-refractivity contribution >= 4 is 17.9 Å². The van der Waals surface area contributed by atoms with Crippen molar-refractivity contribution in [2.45, 2.75) is 64.1 Å². The molecule has 0 bridgehead atoms. The fraction of sp³-hybridized carbons (Fsp3) is 0.500. The van der Waals surface area contributed by atoms with Gasteiger partial charge in [-0.05, 0) is 64.2 Å². The summed E-state index contributed by atoms with van der Waals surface area (Å²) in [4.78, 5) is 43.3. The molecule has 0 aliphatic carbocycles. The molecule has 200 valence electrons. The number of hydrogen-bond donors (Lipinski definition) is 2. The maximum atomic E-state index is 15.5. The van der Waals surface area contributed by atoms with E-state index in [0.717, 1.165) is 5.56 Å². The molecular formula is C28H37FN4O4. The lowest BCUT2D eigenvalue weighted by molar-refractivity contribution is -0.00798. The molecule has 0 radical (unpaired) electrons. The number of amides is 3. The second-order valence-electron chi connectivity index (χ2n) is 10.5. The number of piperidine rings is 1. The number of likely N-dealkylation sites (tertiary alicyclic amines) is 1. The highest BCUT2D eigenvalue weighted by molar-refractivity contribution is 5.98. The Morgan fingerprint density at radius 2 is 1.86 bits per heavy atom. The van der Waals surface area contributed by atoms with E-state index in [4.69, 9.17) is 4.74 Å². The van der Waals surface area contributed by atoms with Crippen LogP contribution in [0.3, 0.4) is 0 Å². The lowest BCUT2D eigenvalue weighted by Gasteiger charge is -2.38. The molecule has 1 aliphatic rings. The molecule has 8 nitrogen and oxygen atoms in total. The van der Waals surface area contributed by atoms with Crippen LogP contribution in [0.5, 0.6) is 0 Å². The van der Waals surface area contributed by atoms with Crippen LogP contribution < -0.4 is 10.6 Å². The van der Waals surface area contributed by atoms with Crippen molar-refractivity contribution in [1.82, 2.24) is 20.5 Å². The molecule has 0 unspecified atom stereocenters. The predicted molar refractivity (Wildman–Crippen MR) is 139 cm³/mol. The number of ether oxygens (including phenoxy) is 1. The summed E-state index contributed by atoms with van der Waals surface area (Å²) in [6.07, 6.45) is 1.53. The normalized spacial score (nSPS) is 17.7. The number of rotatable bonds is 8. The third-order valence-electron chi connectivity index (χ3n) is 6.09. The predicted octanol–water partition coefficient (Wildman–Crippen LogP) is 4.28. The van der Waals surface area contributed by atoms with E-state index < -0.39 is 17.4 Å². The van der Waals surface area contributed by atoms with E-state index in [1.807, 2.05) is 30.3 Å². The minimum Gasteiger partial charge on any atom is -0.444 e. The van der Waals surface area contributed by atoms with E-state index in [9.17, 15) is 14.4 Å². The molecule has 2 heterocycles. The van der Waals surface area contributed by atoms with Crippen molar-refractivity contribution in [3.63, 3.8) is 0 Å². The van der Waals surface area contributed by atoms with Crippen molar-refractivity contribution in [2.75, 3.05) is 26.7 Å². The number of nitrogens with zero attached hydrogens (tertiary/aromatic N) is 2. The number of carbonyl (C=O) groups excluding carboxylic acids is 3. The van der Waals surface area contributed by atoms with Crippen LogP contribution in [-0.2, 0) is 11.2 Å². The summed E-state index contributed by atoms with van der Waals surface area (Å²) in [6.45, 7) is 6.07. The molecule has 37 heavy (non-hydrogen) atoms. The molecule has 1 aromatic carbocycles. The van der Waals surface area contributed by atoms with Crippen LogP contribution in [0.4, 0.5) is 9.18 Å². The van der Waals surface area contributed by atoms with Gasteiger partial charge in [0.1, 0.15) is 17.0 Å². The lowest BCUT2D eigenvalue weighted by atomic mass is 9.90. The fourth-order valence-corrected chi connectivity index (χ4v) is 4.34. The molecule has 3 amide bonds. The van der Waals surface area contributed by atoms with Gasteiger partial charge in [0.2, 0.25) is 0 Å². The van der Waals surface area contributed by atoms with Gasteiger partial charge in [0, 0.05) is 37.8 Å². The quantitative estimate of drug-likeness (QED) is 0.514. The molecule has 0 saturated carbocycles. The maximum Gasteiger partial charge on any atom is 0.410 e. The topological polar surface area (TPSA) is 101 Å². The number of alkyl halides is 1. The Balaban J connectivity index is 1.58. The second-order valence-corrected chi connectivity index (χ2v) is 10.5. The monoisotopic (exact) mass is 512 g/mol. The van der Waals surface area contributed by atoms with Gasteiger partial charge in [-0.2, -0.15) is 0 Å². The molecule has 2 aromatic rings. The number of carbonyl (C=O) groups is 3. The zero-order valence-electron chi connectivity index (χ0n) is 22.1. The van der Waals surface area contributed by atoms with Crippen LogP contribution in [0.25, 0.3) is 0 Å². The Morgan fingerprint density at radius 1 is 1.14 bits per heavy atom.